The van der Waals surface area contributed by atoms with Crippen LogP contribution in [0.25, 0.3) is 11.1 Å². The molecular weight excluding hydrogens is 336 g/mol. The number of nitrogens with one attached hydrogen (secondary N) is 1. The van der Waals surface area contributed by atoms with Gasteiger partial charge in [-0.2, -0.15) is 26.3 Å². The van der Waals surface area contributed by atoms with E-state index in [1.54, 1.807) is 0 Å². The molecule has 2 aromatic carbocycles. The summed E-state index contributed by atoms with van der Waals surface area (Å²) in [6, 6.07) is 6.84. The van der Waals surface area contributed by atoms with E-state index in [2.05, 4.69) is 5.32 Å². The van der Waals surface area contributed by atoms with Crippen molar-refractivity contribution in [2.24, 2.45) is 0 Å². The number of carbonyl (C=O) groups is 1. The summed E-state index contributed by atoms with van der Waals surface area (Å²) < 4.78 is 77.1. The quantitative estimate of drug-likeness (QED) is 0.729. The summed E-state index contributed by atoms with van der Waals surface area (Å²) in [7, 11) is 0. The van der Waals surface area contributed by atoms with Gasteiger partial charge < -0.3 is 5.32 Å². The van der Waals surface area contributed by atoms with E-state index < -0.39 is 23.5 Å². The SMILES string of the molecule is CC(=O)Nc1ccc(-c2cc(C(F)(F)F)cc(C(F)(F)F)c2)cc1. The lowest BCUT2D eigenvalue weighted by Gasteiger charge is -2.14. The predicted octanol–water partition coefficient (Wildman–Crippen LogP) is 5.35. The van der Waals surface area contributed by atoms with Crippen molar-refractivity contribution in [2.45, 2.75) is 19.3 Å². The van der Waals surface area contributed by atoms with E-state index in [0.29, 0.717) is 17.8 Å². The minimum atomic E-state index is -4.90. The molecule has 0 aromatic heterocycles. The molecule has 24 heavy (non-hydrogen) atoms. The van der Waals surface area contributed by atoms with E-state index >= 15 is 0 Å². The number of anilines is 1. The van der Waals surface area contributed by atoms with Crippen molar-refractivity contribution >= 4 is 11.6 Å². The number of halogens is 6. The molecule has 8 heteroatoms. The monoisotopic (exact) mass is 347 g/mol. The zero-order valence-corrected chi connectivity index (χ0v) is 12.2. The van der Waals surface area contributed by atoms with E-state index in [4.69, 9.17) is 0 Å². The second-order valence-electron chi connectivity index (χ2n) is 5.05. The van der Waals surface area contributed by atoms with Gasteiger partial charge in [-0.1, -0.05) is 12.1 Å². The second-order valence-corrected chi connectivity index (χ2v) is 5.05. The fraction of sp³-hybridized carbons (Fsp3) is 0.188. The highest BCUT2D eigenvalue weighted by atomic mass is 19.4. The smallest absolute Gasteiger partial charge is 0.326 e. The van der Waals surface area contributed by atoms with Gasteiger partial charge in [-0.05, 0) is 41.5 Å². The molecule has 0 aliphatic carbocycles. The van der Waals surface area contributed by atoms with E-state index in [9.17, 15) is 31.1 Å². The number of carbonyl (C=O) groups excluding carboxylic acids is 1. The fourth-order valence-corrected chi connectivity index (χ4v) is 2.07. The average Bonchev–Trinajstić information content (AvgIpc) is 2.45. The minimum Gasteiger partial charge on any atom is -0.326 e. The Bertz CT molecular complexity index is 714. The Morgan fingerprint density at radius 2 is 1.25 bits per heavy atom. The molecule has 0 saturated carbocycles. The van der Waals surface area contributed by atoms with Gasteiger partial charge in [0, 0.05) is 12.6 Å². The molecule has 0 fully saturated rings. The third-order valence-electron chi connectivity index (χ3n) is 3.13. The van der Waals surface area contributed by atoms with E-state index in [-0.39, 0.29) is 23.1 Å². The topological polar surface area (TPSA) is 29.1 Å². The van der Waals surface area contributed by atoms with Gasteiger partial charge >= 0.3 is 12.4 Å². The summed E-state index contributed by atoms with van der Waals surface area (Å²) >= 11 is 0. The summed E-state index contributed by atoms with van der Waals surface area (Å²) in [4.78, 5) is 10.9. The van der Waals surface area contributed by atoms with Crippen molar-refractivity contribution < 1.29 is 31.1 Å². The van der Waals surface area contributed by atoms with E-state index in [1.807, 2.05) is 0 Å². The fourth-order valence-electron chi connectivity index (χ4n) is 2.07. The molecule has 2 nitrogen and oxygen atoms in total. The minimum absolute atomic E-state index is 0.0785. The van der Waals surface area contributed by atoms with Gasteiger partial charge in [0.05, 0.1) is 11.1 Å². The molecule has 0 spiro atoms. The highest BCUT2D eigenvalue weighted by molar-refractivity contribution is 5.89. The summed E-state index contributed by atoms with van der Waals surface area (Å²) in [6.07, 6.45) is -9.79. The van der Waals surface area contributed by atoms with Crippen LogP contribution in [0.2, 0.25) is 0 Å². The summed E-state index contributed by atoms with van der Waals surface area (Å²) in [5, 5.41) is 2.46. The first-order chi connectivity index (χ1) is 11.0. The third-order valence-corrected chi connectivity index (χ3v) is 3.13. The Labute approximate surface area is 133 Å². The molecule has 0 aliphatic heterocycles. The van der Waals surface area contributed by atoms with Crippen LogP contribution in [0.4, 0.5) is 32.0 Å². The molecule has 0 unspecified atom stereocenters. The number of alkyl halides is 6. The van der Waals surface area contributed by atoms with Crippen molar-refractivity contribution in [1.82, 2.24) is 0 Å². The van der Waals surface area contributed by atoms with Gasteiger partial charge in [0.15, 0.2) is 0 Å². The van der Waals surface area contributed by atoms with Gasteiger partial charge in [0.2, 0.25) is 5.91 Å². The first kappa shape index (κ1) is 17.8. The zero-order chi connectivity index (χ0) is 18.1. The Morgan fingerprint density at radius 3 is 1.62 bits per heavy atom. The van der Waals surface area contributed by atoms with Gasteiger partial charge in [0.25, 0.3) is 0 Å². The highest BCUT2D eigenvalue weighted by Gasteiger charge is 2.36. The van der Waals surface area contributed by atoms with Crippen LogP contribution in [0, 0.1) is 0 Å². The van der Waals surface area contributed by atoms with Crippen LogP contribution >= 0.6 is 0 Å². The first-order valence-corrected chi connectivity index (χ1v) is 6.64. The van der Waals surface area contributed by atoms with Crippen LogP contribution in [-0.2, 0) is 17.1 Å². The Kier molecular flexibility index (Phi) is 4.59. The van der Waals surface area contributed by atoms with Crippen LogP contribution in [0.15, 0.2) is 42.5 Å². The second kappa shape index (κ2) is 6.18. The normalized spacial score (nSPS) is 12.1. The summed E-state index contributed by atoms with van der Waals surface area (Å²) in [5.74, 6) is -0.346. The van der Waals surface area contributed by atoms with Gasteiger partial charge in [0.1, 0.15) is 0 Å². The number of amides is 1. The van der Waals surface area contributed by atoms with Gasteiger partial charge in [-0.3, -0.25) is 4.79 Å². The maximum absolute atomic E-state index is 12.8. The lowest BCUT2D eigenvalue weighted by Crippen LogP contribution is -2.11. The zero-order valence-electron chi connectivity index (χ0n) is 12.2. The number of hydrogen-bond acceptors (Lipinski definition) is 1. The highest BCUT2D eigenvalue weighted by Crippen LogP contribution is 2.38. The van der Waals surface area contributed by atoms with Crippen LogP contribution < -0.4 is 5.32 Å². The van der Waals surface area contributed by atoms with Gasteiger partial charge in [-0.15, -0.1) is 0 Å². The molecule has 2 aromatic rings. The van der Waals surface area contributed by atoms with Crippen molar-refractivity contribution in [3.63, 3.8) is 0 Å². The molecule has 1 amide bonds. The maximum Gasteiger partial charge on any atom is 0.416 e. The lowest BCUT2D eigenvalue weighted by atomic mass is 9.99. The number of benzene rings is 2. The lowest BCUT2D eigenvalue weighted by molar-refractivity contribution is -0.143. The molecule has 0 heterocycles. The van der Waals surface area contributed by atoms with Crippen molar-refractivity contribution in [2.75, 3.05) is 5.32 Å². The van der Waals surface area contributed by atoms with Crippen LogP contribution in [0.1, 0.15) is 18.1 Å². The molecule has 0 radical (unpaired) electrons. The molecule has 2 rings (SSSR count). The first-order valence-electron chi connectivity index (χ1n) is 6.64. The Balaban J connectivity index is 2.51. The molecule has 0 saturated heterocycles. The van der Waals surface area contributed by atoms with Crippen LogP contribution in [0.3, 0.4) is 0 Å². The Hall–Kier alpha value is -2.51. The van der Waals surface area contributed by atoms with E-state index in [1.165, 1.54) is 31.2 Å². The molecule has 0 aliphatic rings. The molecule has 1 N–H and O–H groups in total. The number of hydrogen-bond donors (Lipinski definition) is 1. The van der Waals surface area contributed by atoms with Crippen LogP contribution in [0.5, 0.6) is 0 Å². The summed E-state index contributed by atoms with van der Waals surface area (Å²) in [6.45, 7) is 1.27. The van der Waals surface area contributed by atoms with E-state index in [0.717, 1.165) is 0 Å². The molecule has 0 atom stereocenters. The van der Waals surface area contributed by atoms with Crippen molar-refractivity contribution in [3.8, 4) is 11.1 Å². The van der Waals surface area contributed by atoms with Crippen molar-refractivity contribution in [3.05, 3.63) is 53.6 Å². The van der Waals surface area contributed by atoms with Gasteiger partial charge in [-0.25, -0.2) is 0 Å². The molecule has 0 bridgehead atoms. The van der Waals surface area contributed by atoms with Crippen LogP contribution in [-0.4, -0.2) is 5.91 Å². The molecular formula is C16H11F6NO. The molecule has 128 valence electrons. The Morgan fingerprint density at radius 1 is 0.792 bits per heavy atom. The number of rotatable bonds is 2. The third kappa shape index (κ3) is 4.27. The van der Waals surface area contributed by atoms with Crippen molar-refractivity contribution in [1.29, 1.82) is 0 Å². The summed E-state index contributed by atoms with van der Waals surface area (Å²) in [5.41, 5.74) is -2.42. The standard InChI is InChI=1S/C16H11F6NO/c1-9(24)23-14-4-2-10(3-5-14)11-6-12(15(17,18)19)8-13(7-11)16(20,21)22/h2-8H,1H3,(H,23,24). The predicted molar refractivity (Wildman–Crippen MR) is 76.2 cm³/mol. The average molecular weight is 347 g/mol. The maximum atomic E-state index is 12.8. The largest absolute Gasteiger partial charge is 0.416 e.